The van der Waals surface area contributed by atoms with Crippen molar-refractivity contribution in [2.75, 3.05) is 0 Å². The average Bonchev–Trinajstić information content (AvgIpc) is 2.91. The number of rotatable bonds is 4. The van der Waals surface area contributed by atoms with E-state index in [1.807, 2.05) is 60.7 Å². The second kappa shape index (κ2) is 8.24. The summed E-state index contributed by atoms with van der Waals surface area (Å²) in [4.78, 5) is 26.6. The molecule has 172 valence electrons. The van der Waals surface area contributed by atoms with Gasteiger partial charge in [-0.15, -0.1) is 0 Å². The Balaban J connectivity index is 1.50. The molecule has 0 aliphatic heterocycles. The molecule has 35 heavy (non-hydrogen) atoms. The molecule has 4 aromatic rings. The van der Waals surface area contributed by atoms with Crippen LogP contribution in [0.25, 0.3) is 0 Å². The molecule has 0 heterocycles. The Morgan fingerprint density at radius 3 is 1.54 bits per heavy atom. The zero-order chi connectivity index (χ0) is 24.0. The van der Waals surface area contributed by atoms with Gasteiger partial charge in [-0.25, -0.2) is 9.59 Å². The van der Waals surface area contributed by atoms with Gasteiger partial charge in [-0.05, 0) is 53.4 Å². The predicted molar refractivity (Wildman–Crippen MR) is 132 cm³/mol. The van der Waals surface area contributed by atoms with Crippen LogP contribution in [0.1, 0.15) is 55.8 Å². The number of esters is 2. The van der Waals surface area contributed by atoms with Crippen LogP contribution in [0.5, 0.6) is 0 Å². The number of hydrogen-bond donors (Lipinski definition) is 0. The summed E-state index contributed by atoms with van der Waals surface area (Å²) in [5.74, 6) is -1.10. The van der Waals surface area contributed by atoms with E-state index in [0.717, 1.165) is 22.3 Å². The SMILES string of the molecule is CC12c3ccccc3C(c3ccccc31)[C@H](OC(=O)c1ccccc1)[C@@H]2OC(=O)c1ccccc1. The van der Waals surface area contributed by atoms with Crippen LogP contribution < -0.4 is 0 Å². The predicted octanol–water partition coefficient (Wildman–Crippen LogP) is 5.90. The lowest BCUT2D eigenvalue weighted by Gasteiger charge is -2.54. The van der Waals surface area contributed by atoms with Gasteiger partial charge < -0.3 is 9.47 Å². The second-order valence-electron chi connectivity index (χ2n) is 9.28. The minimum absolute atomic E-state index is 0.245. The Morgan fingerprint density at radius 2 is 1.03 bits per heavy atom. The number of ether oxygens (including phenoxy) is 2. The van der Waals surface area contributed by atoms with Gasteiger partial charge in [-0.3, -0.25) is 0 Å². The summed E-state index contributed by atoms with van der Waals surface area (Å²) in [6.07, 6.45) is -1.37. The first-order chi connectivity index (χ1) is 17.1. The monoisotopic (exact) mass is 460 g/mol. The fraction of sp³-hybridized carbons (Fsp3) is 0.161. The van der Waals surface area contributed by atoms with Crippen molar-refractivity contribution in [2.24, 2.45) is 0 Å². The molecule has 0 N–H and O–H groups in total. The van der Waals surface area contributed by atoms with Gasteiger partial charge in [0.25, 0.3) is 0 Å². The summed E-state index contributed by atoms with van der Waals surface area (Å²) in [5.41, 5.74) is 4.65. The maximum Gasteiger partial charge on any atom is 0.338 e. The summed E-state index contributed by atoms with van der Waals surface area (Å²) >= 11 is 0. The van der Waals surface area contributed by atoms with Gasteiger partial charge in [-0.1, -0.05) is 84.9 Å². The van der Waals surface area contributed by atoms with Gasteiger partial charge in [0.1, 0.15) is 0 Å². The Morgan fingerprint density at radius 1 is 0.600 bits per heavy atom. The maximum absolute atomic E-state index is 13.3. The van der Waals surface area contributed by atoms with E-state index < -0.39 is 29.6 Å². The van der Waals surface area contributed by atoms with Gasteiger partial charge in [0, 0.05) is 0 Å². The van der Waals surface area contributed by atoms with Crippen LogP contribution in [0.3, 0.4) is 0 Å². The molecular formula is C31H24O4. The molecule has 2 bridgehead atoms. The van der Waals surface area contributed by atoms with Crippen molar-refractivity contribution in [3.63, 3.8) is 0 Å². The van der Waals surface area contributed by atoms with Crippen LogP contribution in [-0.2, 0) is 14.9 Å². The van der Waals surface area contributed by atoms with Crippen LogP contribution in [0, 0.1) is 0 Å². The molecule has 0 saturated carbocycles. The standard InChI is InChI=1S/C31H24O4/c1-31-24-18-10-8-16-22(24)26(23-17-9-11-19-25(23)31)27(34-29(32)20-12-4-2-5-13-20)28(31)35-30(33)21-14-6-3-7-15-21/h2-19,26-28H,1H3/t26?,27-,28-,31?/m0/s1. The van der Waals surface area contributed by atoms with E-state index in [1.54, 1.807) is 24.3 Å². The van der Waals surface area contributed by atoms with Crippen molar-refractivity contribution < 1.29 is 19.1 Å². The molecule has 0 unspecified atom stereocenters. The quantitative estimate of drug-likeness (QED) is 0.356. The summed E-state index contributed by atoms with van der Waals surface area (Å²) in [5, 5.41) is 0. The van der Waals surface area contributed by atoms with Crippen molar-refractivity contribution in [1.29, 1.82) is 0 Å². The molecule has 4 heteroatoms. The highest BCUT2D eigenvalue weighted by Gasteiger charge is 2.60. The van der Waals surface area contributed by atoms with Crippen molar-refractivity contribution in [3.8, 4) is 0 Å². The zero-order valence-corrected chi connectivity index (χ0v) is 19.3. The van der Waals surface area contributed by atoms with E-state index in [0.29, 0.717) is 11.1 Å². The third-order valence-electron chi connectivity index (χ3n) is 7.40. The van der Waals surface area contributed by atoms with Gasteiger partial charge in [0.15, 0.2) is 12.2 Å². The number of fused-ring (bicyclic) bond motifs is 1. The Hall–Kier alpha value is -4.18. The second-order valence-corrected chi connectivity index (χ2v) is 9.28. The Bertz CT molecular complexity index is 1360. The third-order valence-corrected chi connectivity index (χ3v) is 7.40. The van der Waals surface area contributed by atoms with Gasteiger partial charge in [0.05, 0.1) is 22.5 Å². The van der Waals surface area contributed by atoms with Gasteiger partial charge in [0.2, 0.25) is 0 Å². The van der Waals surface area contributed by atoms with E-state index in [4.69, 9.17) is 9.47 Å². The molecule has 0 saturated heterocycles. The molecule has 4 aromatic carbocycles. The number of benzene rings is 4. The first-order valence-corrected chi connectivity index (χ1v) is 11.8. The Labute approximate surface area is 204 Å². The highest BCUT2D eigenvalue weighted by molar-refractivity contribution is 5.91. The smallest absolute Gasteiger partial charge is 0.338 e. The fourth-order valence-electron chi connectivity index (χ4n) is 5.80. The lowest BCUT2D eigenvalue weighted by Crippen LogP contribution is -2.59. The molecule has 0 spiro atoms. The van der Waals surface area contributed by atoms with E-state index in [-0.39, 0.29) is 5.92 Å². The molecule has 0 fully saturated rings. The maximum atomic E-state index is 13.3. The normalized spacial score (nSPS) is 23.6. The van der Waals surface area contributed by atoms with Crippen LogP contribution in [0.2, 0.25) is 0 Å². The van der Waals surface area contributed by atoms with Crippen molar-refractivity contribution in [3.05, 3.63) is 143 Å². The highest BCUT2D eigenvalue weighted by Crippen LogP contribution is 2.58. The van der Waals surface area contributed by atoms with Crippen LogP contribution >= 0.6 is 0 Å². The molecule has 4 nitrogen and oxygen atoms in total. The summed E-state index contributed by atoms with van der Waals surface area (Å²) in [6.45, 7) is 2.09. The molecule has 3 aliphatic carbocycles. The molecule has 0 amide bonds. The Kier molecular flexibility index (Phi) is 5.03. The first kappa shape index (κ1) is 21.4. The fourth-order valence-corrected chi connectivity index (χ4v) is 5.80. The average molecular weight is 461 g/mol. The van der Waals surface area contributed by atoms with Crippen LogP contribution in [0.15, 0.2) is 109 Å². The lowest BCUT2D eigenvalue weighted by molar-refractivity contribution is -0.0731. The highest BCUT2D eigenvalue weighted by atomic mass is 16.6. The van der Waals surface area contributed by atoms with Gasteiger partial charge >= 0.3 is 11.9 Å². The van der Waals surface area contributed by atoms with E-state index in [1.165, 1.54) is 0 Å². The van der Waals surface area contributed by atoms with Crippen LogP contribution in [-0.4, -0.2) is 24.1 Å². The number of carbonyl (C=O) groups is 2. The minimum atomic E-state index is -0.697. The number of carbonyl (C=O) groups excluding carboxylic acids is 2. The third kappa shape index (κ3) is 3.28. The molecule has 0 aromatic heterocycles. The lowest BCUT2D eigenvalue weighted by atomic mass is 9.53. The molecule has 2 atom stereocenters. The van der Waals surface area contributed by atoms with E-state index in [9.17, 15) is 9.59 Å². The zero-order valence-electron chi connectivity index (χ0n) is 19.3. The first-order valence-electron chi connectivity index (χ1n) is 11.8. The molecule has 3 aliphatic rings. The van der Waals surface area contributed by atoms with Crippen LogP contribution in [0.4, 0.5) is 0 Å². The van der Waals surface area contributed by atoms with E-state index >= 15 is 0 Å². The molecule has 7 rings (SSSR count). The molecular weight excluding hydrogens is 436 g/mol. The van der Waals surface area contributed by atoms with Crippen molar-refractivity contribution >= 4 is 11.9 Å². The van der Waals surface area contributed by atoms with E-state index in [2.05, 4.69) is 31.2 Å². The van der Waals surface area contributed by atoms with Gasteiger partial charge in [-0.2, -0.15) is 0 Å². The summed E-state index contributed by atoms with van der Waals surface area (Å²) in [6, 6.07) is 34.3. The largest absolute Gasteiger partial charge is 0.454 e. The summed E-state index contributed by atoms with van der Waals surface area (Å²) in [7, 11) is 0. The summed E-state index contributed by atoms with van der Waals surface area (Å²) < 4.78 is 12.5. The number of hydrogen-bond acceptors (Lipinski definition) is 4. The topological polar surface area (TPSA) is 52.6 Å². The molecule has 0 radical (unpaired) electrons. The van der Waals surface area contributed by atoms with Crippen molar-refractivity contribution in [2.45, 2.75) is 30.5 Å². The minimum Gasteiger partial charge on any atom is -0.454 e. The van der Waals surface area contributed by atoms with Crippen molar-refractivity contribution in [1.82, 2.24) is 0 Å².